The molecule has 0 bridgehead atoms. The van der Waals surface area contributed by atoms with Gasteiger partial charge in [-0.15, -0.1) is 0 Å². The molecule has 0 radical (unpaired) electrons. The highest BCUT2D eigenvalue weighted by atomic mass is 31.2. The van der Waals surface area contributed by atoms with Crippen molar-refractivity contribution in [3.8, 4) is 0 Å². The zero-order chi connectivity index (χ0) is 15.0. The summed E-state index contributed by atoms with van der Waals surface area (Å²) in [7, 11) is -4.58. The minimum Gasteiger partial charge on any atom is -0.338 e. The van der Waals surface area contributed by atoms with Gasteiger partial charge in [-0.2, -0.15) is 0 Å². The van der Waals surface area contributed by atoms with E-state index in [1.54, 1.807) is 4.57 Å². The number of hydrogen-bond donors (Lipinski definition) is 2. The summed E-state index contributed by atoms with van der Waals surface area (Å²) >= 11 is 0. The second-order valence-electron chi connectivity index (χ2n) is 4.37. The maximum absolute atomic E-state index is 10.8. The van der Waals surface area contributed by atoms with E-state index in [0.717, 1.165) is 21.8 Å². The van der Waals surface area contributed by atoms with Crippen molar-refractivity contribution in [3.63, 3.8) is 0 Å². The molecule has 20 heavy (non-hydrogen) atoms. The van der Waals surface area contributed by atoms with Gasteiger partial charge < -0.3 is 14.4 Å². The number of phosphoric acid groups is 1. The molecule has 1 aromatic heterocycles. The Morgan fingerprint density at radius 1 is 1.05 bits per heavy atom. The fourth-order valence-corrected chi connectivity index (χ4v) is 2.62. The third-order valence-corrected chi connectivity index (χ3v) is 3.60. The summed E-state index contributed by atoms with van der Waals surface area (Å²) in [6, 6.07) is 15.3. The SMILES string of the molecule is [2H]C(COP(=O)(O)O)n1c2ccccc2c2ccccc21. The molecule has 2 aromatic carbocycles. The van der Waals surface area contributed by atoms with Gasteiger partial charge in [0.15, 0.2) is 0 Å². The third-order valence-electron chi connectivity index (χ3n) is 3.12. The highest BCUT2D eigenvalue weighted by molar-refractivity contribution is 7.46. The first-order chi connectivity index (χ1) is 9.97. The van der Waals surface area contributed by atoms with Gasteiger partial charge in [-0.3, -0.25) is 4.52 Å². The maximum Gasteiger partial charge on any atom is 0.469 e. The Morgan fingerprint density at radius 3 is 2.05 bits per heavy atom. The number of benzene rings is 2. The van der Waals surface area contributed by atoms with Crippen LogP contribution >= 0.6 is 7.82 Å². The predicted octanol–water partition coefficient (Wildman–Crippen LogP) is 2.90. The summed E-state index contributed by atoms with van der Waals surface area (Å²) < 4.78 is 25.2. The minimum absolute atomic E-state index is 0.382. The van der Waals surface area contributed by atoms with E-state index in [9.17, 15) is 4.57 Å². The summed E-state index contributed by atoms with van der Waals surface area (Å²) in [4.78, 5) is 17.6. The van der Waals surface area contributed by atoms with Crippen molar-refractivity contribution in [1.29, 1.82) is 0 Å². The fraction of sp³-hybridized carbons (Fsp3) is 0.143. The van der Waals surface area contributed by atoms with Gasteiger partial charge in [0.25, 0.3) is 0 Å². The number of nitrogens with zero attached hydrogens (tertiary/aromatic N) is 1. The molecule has 1 heterocycles. The molecule has 1 atom stereocenters. The van der Waals surface area contributed by atoms with Crippen LogP contribution in [0, 0.1) is 0 Å². The average molecular weight is 292 g/mol. The van der Waals surface area contributed by atoms with Crippen molar-refractivity contribution < 1.29 is 20.2 Å². The second-order valence-corrected chi connectivity index (χ2v) is 5.61. The lowest BCUT2D eigenvalue weighted by atomic mass is 10.2. The monoisotopic (exact) mass is 292 g/mol. The van der Waals surface area contributed by atoms with Crippen LogP contribution in [0.3, 0.4) is 0 Å². The van der Waals surface area contributed by atoms with Crippen LogP contribution in [-0.4, -0.2) is 21.0 Å². The van der Waals surface area contributed by atoms with Crippen molar-refractivity contribution >= 4 is 29.6 Å². The molecule has 0 aliphatic rings. The van der Waals surface area contributed by atoms with Gasteiger partial charge in [0, 0.05) is 28.3 Å². The predicted molar refractivity (Wildman–Crippen MR) is 77.4 cm³/mol. The molecular weight excluding hydrogens is 277 g/mol. The Bertz CT molecular complexity index is 788. The summed E-state index contributed by atoms with van der Waals surface area (Å²) in [5.41, 5.74) is 1.68. The highest BCUT2D eigenvalue weighted by Gasteiger charge is 2.14. The highest BCUT2D eigenvalue weighted by Crippen LogP contribution is 2.36. The van der Waals surface area contributed by atoms with Gasteiger partial charge in [0.1, 0.15) is 0 Å². The molecular formula is C14H14NO4P. The summed E-state index contributed by atoms with van der Waals surface area (Å²) in [5.74, 6) is 0. The molecule has 5 nitrogen and oxygen atoms in total. The van der Waals surface area contributed by atoms with Crippen LogP contribution < -0.4 is 0 Å². The van der Waals surface area contributed by atoms with Gasteiger partial charge in [-0.25, -0.2) is 4.57 Å². The lowest BCUT2D eigenvalue weighted by Gasteiger charge is -2.08. The standard InChI is InChI=1S/C14H14NO4P/c16-20(17,18)19-10-9-15-13-7-3-1-5-11(13)12-6-2-4-8-14(12)15/h1-8H,9-10H2,(H2,16,17,18)/i9D. The summed E-state index contributed by atoms with van der Waals surface area (Å²) in [5, 5.41) is 2.00. The smallest absolute Gasteiger partial charge is 0.338 e. The van der Waals surface area contributed by atoms with Crippen molar-refractivity contribution in [2.24, 2.45) is 0 Å². The molecule has 0 aliphatic carbocycles. The van der Waals surface area contributed by atoms with E-state index < -0.39 is 14.3 Å². The van der Waals surface area contributed by atoms with Crippen LogP contribution in [0.5, 0.6) is 0 Å². The zero-order valence-corrected chi connectivity index (χ0v) is 11.4. The fourth-order valence-electron chi connectivity index (χ4n) is 2.35. The molecule has 0 fully saturated rings. The first-order valence-electron chi connectivity index (χ1n) is 6.65. The molecule has 104 valence electrons. The van der Waals surface area contributed by atoms with Crippen molar-refractivity contribution in [2.45, 2.75) is 6.52 Å². The van der Waals surface area contributed by atoms with Crippen LogP contribution in [0.2, 0.25) is 0 Å². The molecule has 0 aliphatic heterocycles. The Balaban J connectivity index is 2.13. The Hall–Kier alpha value is -1.65. The van der Waals surface area contributed by atoms with Gasteiger partial charge in [0.2, 0.25) is 0 Å². The molecule has 3 rings (SSSR count). The molecule has 0 spiro atoms. The molecule has 3 aromatic rings. The molecule has 6 heteroatoms. The van der Waals surface area contributed by atoms with E-state index in [4.69, 9.17) is 11.2 Å². The quantitative estimate of drug-likeness (QED) is 0.725. The zero-order valence-electron chi connectivity index (χ0n) is 11.5. The van der Waals surface area contributed by atoms with Gasteiger partial charge >= 0.3 is 7.82 Å². The average Bonchev–Trinajstić information content (AvgIpc) is 2.79. The van der Waals surface area contributed by atoms with Crippen LogP contribution in [-0.2, 0) is 15.6 Å². The topological polar surface area (TPSA) is 71.7 Å². The van der Waals surface area contributed by atoms with Crippen LogP contribution in [0.15, 0.2) is 48.5 Å². The normalized spacial score (nSPS) is 14.6. The van der Waals surface area contributed by atoms with Crippen LogP contribution in [0.25, 0.3) is 21.8 Å². The third kappa shape index (κ3) is 2.49. The lowest BCUT2D eigenvalue weighted by molar-refractivity contribution is 0.192. The molecule has 2 N–H and O–H groups in total. The van der Waals surface area contributed by atoms with E-state index in [-0.39, 0.29) is 6.61 Å². The van der Waals surface area contributed by atoms with Crippen LogP contribution in [0.1, 0.15) is 1.37 Å². The van der Waals surface area contributed by atoms with E-state index in [2.05, 4.69) is 4.52 Å². The molecule has 0 saturated carbocycles. The van der Waals surface area contributed by atoms with Gasteiger partial charge in [-0.1, -0.05) is 36.4 Å². The second kappa shape index (κ2) is 5.04. The van der Waals surface area contributed by atoms with Gasteiger partial charge in [-0.05, 0) is 12.1 Å². The van der Waals surface area contributed by atoms with Crippen molar-refractivity contribution in [2.75, 3.05) is 6.61 Å². The Morgan fingerprint density at radius 2 is 1.55 bits per heavy atom. The number of fused-ring (bicyclic) bond motifs is 3. The molecule has 0 amide bonds. The van der Waals surface area contributed by atoms with Crippen molar-refractivity contribution in [1.82, 2.24) is 4.57 Å². The van der Waals surface area contributed by atoms with Gasteiger partial charge in [0.05, 0.1) is 7.98 Å². The lowest BCUT2D eigenvalue weighted by Crippen LogP contribution is -2.04. The Kier molecular flexibility index (Phi) is 3.05. The first-order valence-corrected chi connectivity index (χ1v) is 7.60. The molecule has 0 saturated heterocycles. The van der Waals surface area contributed by atoms with E-state index >= 15 is 0 Å². The number of hydrogen-bond acceptors (Lipinski definition) is 2. The summed E-state index contributed by atoms with van der Waals surface area (Å²) in [6.45, 7) is -1.32. The van der Waals surface area contributed by atoms with Crippen molar-refractivity contribution in [3.05, 3.63) is 48.5 Å². The number of rotatable bonds is 4. The van der Waals surface area contributed by atoms with Crippen LogP contribution in [0.4, 0.5) is 0 Å². The number of aromatic nitrogens is 1. The van der Waals surface area contributed by atoms with E-state index in [1.807, 2.05) is 48.5 Å². The number of para-hydroxylation sites is 2. The van der Waals surface area contributed by atoms with E-state index in [1.165, 1.54) is 0 Å². The minimum atomic E-state index is -4.58. The first kappa shape index (κ1) is 12.1. The number of phosphoric ester groups is 1. The largest absolute Gasteiger partial charge is 0.469 e. The summed E-state index contributed by atoms with van der Waals surface area (Å²) in [6.07, 6.45) is 0. The van der Waals surface area contributed by atoms with E-state index in [0.29, 0.717) is 0 Å². The Labute approximate surface area is 117 Å². The maximum atomic E-state index is 10.8. The molecule has 1 unspecified atom stereocenters.